The van der Waals surface area contributed by atoms with Gasteiger partial charge in [-0.1, -0.05) is 0 Å². The Balaban J connectivity index is 1.77. The summed E-state index contributed by atoms with van der Waals surface area (Å²) in [6.45, 7) is 3.45. The molecule has 1 aliphatic rings. The molecule has 0 amide bonds. The van der Waals surface area contributed by atoms with Crippen molar-refractivity contribution >= 4 is 0 Å². The number of piperazine rings is 1. The molecule has 1 aliphatic heterocycles. The number of aryl methyl sites for hydroxylation is 2. The maximum atomic E-state index is 6.30. The number of aromatic nitrogens is 2. The Kier molecular flexibility index (Phi) is 4.96. The third kappa shape index (κ3) is 4.03. The van der Waals surface area contributed by atoms with Crippen molar-refractivity contribution in [3.8, 4) is 0 Å². The molecule has 0 bridgehead atoms. The highest BCUT2D eigenvalue weighted by atomic mass is 15.3. The van der Waals surface area contributed by atoms with E-state index in [-0.39, 0.29) is 6.04 Å². The monoisotopic (exact) mass is 265 g/mol. The van der Waals surface area contributed by atoms with E-state index in [1.54, 1.807) is 0 Å². The fourth-order valence-electron chi connectivity index (χ4n) is 2.80. The van der Waals surface area contributed by atoms with Crippen molar-refractivity contribution in [1.29, 1.82) is 0 Å². The molecule has 2 heterocycles. The Morgan fingerprint density at radius 1 is 1.37 bits per heavy atom. The van der Waals surface area contributed by atoms with Crippen LogP contribution in [0.5, 0.6) is 0 Å². The second-order valence-electron chi connectivity index (χ2n) is 5.88. The Morgan fingerprint density at radius 3 is 2.84 bits per heavy atom. The van der Waals surface area contributed by atoms with Crippen LogP contribution in [0.4, 0.5) is 0 Å². The lowest BCUT2D eigenvalue weighted by atomic mass is 10.00. The lowest BCUT2D eigenvalue weighted by molar-refractivity contribution is 0.103. The van der Waals surface area contributed by atoms with Gasteiger partial charge in [-0.3, -0.25) is 4.68 Å². The summed E-state index contributed by atoms with van der Waals surface area (Å²) < 4.78 is 1.94. The molecule has 1 fully saturated rings. The minimum atomic E-state index is 0.272. The molecular weight excluding hydrogens is 238 g/mol. The Hall–Kier alpha value is -0.910. The molecule has 2 unspecified atom stereocenters. The fraction of sp³-hybridized carbons (Fsp3) is 0.786. The van der Waals surface area contributed by atoms with Crippen LogP contribution >= 0.6 is 0 Å². The largest absolute Gasteiger partial charge is 0.328 e. The third-order valence-corrected chi connectivity index (χ3v) is 4.25. The van der Waals surface area contributed by atoms with Crippen LogP contribution in [0.3, 0.4) is 0 Å². The molecule has 0 saturated carbocycles. The molecule has 1 aromatic heterocycles. The lowest BCUT2D eigenvalue weighted by Crippen LogP contribution is -2.51. The van der Waals surface area contributed by atoms with Gasteiger partial charge in [-0.25, -0.2) is 0 Å². The van der Waals surface area contributed by atoms with Crippen LogP contribution in [-0.2, 0) is 13.5 Å². The van der Waals surface area contributed by atoms with E-state index in [1.807, 2.05) is 17.9 Å². The van der Waals surface area contributed by atoms with Gasteiger partial charge in [-0.2, -0.15) is 5.10 Å². The van der Waals surface area contributed by atoms with Crippen molar-refractivity contribution < 1.29 is 0 Å². The number of nitrogens with zero attached hydrogens (tertiary/aromatic N) is 4. The molecular formula is C14H27N5. The molecule has 1 saturated heterocycles. The minimum absolute atomic E-state index is 0.272. The van der Waals surface area contributed by atoms with E-state index in [4.69, 9.17) is 5.73 Å². The minimum Gasteiger partial charge on any atom is -0.328 e. The van der Waals surface area contributed by atoms with Gasteiger partial charge in [0.1, 0.15) is 0 Å². The first-order chi connectivity index (χ1) is 9.06. The molecule has 1 aromatic rings. The summed E-state index contributed by atoms with van der Waals surface area (Å²) in [7, 11) is 6.40. The molecule has 19 heavy (non-hydrogen) atoms. The second kappa shape index (κ2) is 6.50. The van der Waals surface area contributed by atoms with Crippen LogP contribution in [0, 0.1) is 0 Å². The van der Waals surface area contributed by atoms with Gasteiger partial charge in [0.25, 0.3) is 0 Å². The molecule has 0 spiro atoms. The Morgan fingerprint density at radius 2 is 2.16 bits per heavy atom. The first-order valence-electron chi connectivity index (χ1n) is 7.17. The highest BCUT2D eigenvalue weighted by molar-refractivity contribution is 5.00. The summed E-state index contributed by atoms with van der Waals surface area (Å²) in [6, 6.07) is 2.95. The maximum Gasteiger partial charge on any atom is 0.0492 e. The summed E-state index contributed by atoms with van der Waals surface area (Å²) in [5, 5.41) is 4.19. The molecule has 108 valence electrons. The Labute approximate surface area is 116 Å². The van der Waals surface area contributed by atoms with Crippen LogP contribution in [0.25, 0.3) is 0 Å². The number of nitrogens with two attached hydrogens (primary N) is 1. The average Bonchev–Trinajstić information content (AvgIpc) is 2.77. The number of rotatable bonds is 5. The molecule has 0 aliphatic carbocycles. The normalized spacial score (nSPS) is 23.7. The predicted octanol–water partition coefficient (Wildman–Crippen LogP) is 0.316. The number of hydrogen-bond acceptors (Lipinski definition) is 4. The zero-order chi connectivity index (χ0) is 13.8. The summed E-state index contributed by atoms with van der Waals surface area (Å²) >= 11 is 0. The van der Waals surface area contributed by atoms with Gasteiger partial charge in [0.15, 0.2) is 0 Å². The number of likely N-dealkylation sites (N-methyl/N-ethyl adjacent to an activating group) is 2. The van der Waals surface area contributed by atoms with Gasteiger partial charge >= 0.3 is 0 Å². The summed E-state index contributed by atoms with van der Waals surface area (Å²) in [4.78, 5) is 4.85. The topological polar surface area (TPSA) is 50.3 Å². The molecule has 5 heteroatoms. The van der Waals surface area contributed by atoms with Crippen LogP contribution in [0.15, 0.2) is 12.3 Å². The van der Waals surface area contributed by atoms with Crippen molar-refractivity contribution in [2.75, 3.05) is 33.7 Å². The first-order valence-corrected chi connectivity index (χ1v) is 7.17. The second-order valence-corrected chi connectivity index (χ2v) is 5.88. The zero-order valence-electron chi connectivity index (χ0n) is 12.4. The van der Waals surface area contributed by atoms with Gasteiger partial charge in [-0.05, 0) is 39.4 Å². The molecule has 2 N–H and O–H groups in total. The van der Waals surface area contributed by atoms with Crippen LogP contribution < -0.4 is 5.73 Å². The zero-order valence-corrected chi connectivity index (χ0v) is 12.4. The lowest BCUT2D eigenvalue weighted by Gasteiger charge is -2.38. The van der Waals surface area contributed by atoms with Crippen molar-refractivity contribution in [3.63, 3.8) is 0 Å². The van der Waals surface area contributed by atoms with Gasteiger partial charge in [-0.15, -0.1) is 0 Å². The first kappa shape index (κ1) is 14.5. The third-order valence-electron chi connectivity index (χ3n) is 4.25. The van der Waals surface area contributed by atoms with E-state index >= 15 is 0 Å². The van der Waals surface area contributed by atoms with Crippen molar-refractivity contribution in [2.24, 2.45) is 12.8 Å². The maximum absolute atomic E-state index is 6.30. The van der Waals surface area contributed by atoms with Gasteiger partial charge in [0.2, 0.25) is 0 Å². The molecule has 0 radical (unpaired) electrons. The fourth-order valence-corrected chi connectivity index (χ4v) is 2.80. The number of hydrogen-bond donors (Lipinski definition) is 1. The smallest absolute Gasteiger partial charge is 0.0492 e. The van der Waals surface area contributed by atoms with E-state index in [0.29, 0.717) is 6.04 Å². The van der Waals surface area contributed by atoms with E-state index in [0.717, 1.165) is 38.9 Å². The van der Waals surface area contributed by atoms with Crippen molar-refractivity contribution in [1.82, 2.24) is 19.6 Å². The Bertz CT molecular complexity index is 389. The van der Waals surface area contributed by atoms with Gasteiger partial charge in [0.05, 0.1) is 0 Å². The SMILES string of the molecule is CN1CCN(C)C(CC(N)CCc2ccnn2C)C1. The summed E-state index contributed by atoms with van der Waals surface area (Å²) in [6.07, 6.45) is 4.99. The predicted molar refractivity (Wildman–Crippen MR) is 78.0 cm³/mol. The van der Waals surface area contributed by atoms with Gasteiger partial charge < -0.3 is 15.5 Å². The van der Waals surface area contributed by atoms with E-state index in [2.05, 4.69) is 35.1 Å². The van der Waals surface area contributed by atoms with Crippen molar-refractivity contribution in [3.05, 3.63) is 18.0 Å². The molecule has 2 rings (SSSR count). The van der Waals surface area contributed by atoms with Crippen LogP contribution in [0.1, 0.15) is 18.5 Å². The molecule has 5 nitrogen and oxygen atoms in total. The molecule has 0 aromatic carbocycles. The van der Waals surface area contributed by atoms with Crippen molar-refractivity contribution in [2.45, 2.75) is 31.3 Å². The highest BCUT2D eigenvalue weighted by Gasteiger charge is 2.23. The van der Waals surface area contributed by atoms with E-state index in [1.165, 1.54) is 5.69 Å². The van der Waals surface area contributed by atoms with Gasteiger partial charge in [0, 0.05) is 50.7 Å². The summed E-state index contributed by atoms with van der Waals surface area (Å²) in [5.41, 5.74) is 7.57. The average molecular weight is 265 g/mol. The van der Waals surface area contributed by atoms with Crippen LogP contribution in [-0.4, -0.2) is 65.4 Å². The molecule has 2 atom stereocenters. The quantitative estimate of drug-likeness (QED) is 0.833. The van der Waals surface area contributed by atoms with E-state index in [9.17, 15) is 0 Å². The van der Waals surface area contributed by atoms with Crippen LogP contribution in [0.2, 0.25) is 0 Å². The highest BCUT2D eigenvalue weighted by Crippen LogP contribution is 2.13. The van der Waals surface area contributed by atoms with E-state index < -0.39 is 0 Å². The summed E-state index contributed by atoms with van der Waals surface area (Å²) in [5.74, 6) is 0. The standard InChI is InChI=1S/C14H27N5/c1-17-8-9-18(2)14(11-17)10-12(15)4-5-13-6-7-16-19(13)3/h6-7,12,14H,4-5,8-11,15H2,1-3H3.